The lowest BCUT2D eigenvalue weighted by atomic mass is 9.74. The summed E-state index contributed by atoms with van der Waals surface area (Å²) < 4.78 is 13.9. The number of alkyl halides is 1. The Hall–Kier alpha value is -1.68. The number of nitrogens with zero attached hydrogens (tertiary/aromatic N) is 4. The van der Waals surface area contributed by atoms with Crippen LogP contribution in [0.1, 0.15) is 31.4 Å². The molecule has 0 amide bonds. The molecule has 10 heteroatoms. The molecule has 2 fully saturated rings. The number of pyridine rings is 1. The average Bonchev–Trinajstić information content (AvgIpc) is 3.01. The second kappa shape index (κ2) is 8.22. The first-order valence-corrected chi connectivity index (χ1v) is 10.8. The van der Waals surface area contributed by atoms with Gasteiger partial charge in [0.1, 0.15) is 22.7 Å². The summed E-state index contributed by atoms with van der Waals surface area (Å²) in [6.07, 6.45) is 5.38. The summed E-state index contributed by atoms with van der Waals surface area (Å²) in [5.74, 6) is 0.918. The fourth-order valence-corrected chi connectivity index (χ4v) is 5.39. The predicted molar refractivity (Wildman–Crippen MR) is 112 cm³/mol. The molecule has 2 aromatic heterocycles. The first-order chi connectivity index (χ1) is 13.9. The molecule has 156 valence electrons. The van der Waals surface area contributed by atoms with Crippen LogP contribution in [0, 0.1) is 5.41 Å². The molecule has 5 N–H and O–H groups in total. The highest BCUT2D eigenvalue weighted by atomic mass is 35.5. The normalized spacial score (nSPS) is 23.7. The molecule has 0 radical (unpaired) electrons. The van der Waals surface area contributed by atoms with E-state index < -0.39 is 6.17 Å². The van der Waals surface area contributed by atoms with E-state index in [0.717, 1.165) is 37.2 Å². The first-order valence-electron chi connectivity index (χ1n) is 9.63. The van der Waals surface area contributed by atoms with Crippen molar-refractivity contribution in [2.45, 2.75) is 54.4 Å². The van der Waals surface area contributed by atoms with E-state index in [1.165, 1.54) is 11.8 Å². The van der Waals surface area contributed by atoms with Crippen LogP contribution in [-0.4, -0.2) is 45.4 Å². The Morgan fingerprint density at radius 3 is 2.72 bits per heavy atom. The van der Waals surface area contributed by atoms with Crippen molar-refractivity contribution in [2.75, 3.05) is 23.7 Å². The van der Waals surface area contributed by atoms with Gasteiger partial charge < -0.3 is 21.5 Å². The Kier molecular flexibility index (Phi) is 5.83. The highest BCUT2D eigenvalue weighted by Crippen LogP contribution is 2.47. The van der Waals surface area contributed by atoms with E-state index in [1.807, 2.05) is 0 Å². The van der Waals surface area contributed by atoms with Crippen molar-refractivity contribution >= 4 is 35.0 Å². The molecule has 1 unspecified atom stereocenters. The third kappa shape index (κ3) is 3.88. The van der Waals surface area contributed by atoms with Crippen LogP contribution in [0.3, 0.4) is 0 Å². The molecule has 1 saturated heterocycles. The van der Waals surface area contributed by atoms with Gasteiger partial charge in [0.25, 0.3) is 0 Å². The largest absolute Gasteiger partial charge is 0.390 e. The number of aliphatic hydroxyl groups is 1. The van der Waals surface area contributed by atoms with Crippen molar-refractivity contribution in [3.05, 3.63) is 29.2 Å². The highest BCUT2D eigenvalue weighted by Gasteiger charge is 2.48. The second-order valence-corrected chi connectivity index (χ2v) is 9.12. The number of aromatic nitrogens is 3. The van der Waals surface area contributed by atoms with Crippen LogP contribution in [0.2, 0.25) is 5.02 Å². The zero-order valence-corrected chi connectivity index (χ0v) is 17.5. The van der Waals surface area contributed by atoms with E-state index >= 15 is 0 Å². The predicted octanol–water partition coefficient (Wildman–Crippen LogP) is 2.80. The maximum atomic E-state index is 13.9. The Morgan fingerprint density at radius 1 is 1.31 bits per heavy atom. The first kappa shape index (κ1) is 20.6. The summed E-state index contributed by atoms with van der Waals surface area (Å²) >= 11 is 7.52. The molecule has 3 heterocycles. The van der Waals surface area contributed by atoms with Gasteiger partial charge in [-0.3, -0.25) is 0 Å². The molecule has 1 saturated carbocycles. The molecule has 1 spiro atoms. The van der Waals surface area contributed by atoms with Gasteiger partial charge in [0, 0.05) is 30.2 Å². The third-order valence-corrected chi connectivity index (χ3v) is 7.59. The lowest BCUT2D eigenvalue weighted by Crippen LogP contribution is -2.49. The zero-order chi connectivity index (χ0) is 20.6. The second-order valence-electron chi connectivity index (χ2n) is 7.68. The van der Waals surface area contributed by atoms with Crippen molar-refractivity contribution < 1.29 is 9.50 Å². The van der Waals surface area contributed by atoms with Crippen molar-refractivity contribution in [1.29, 1.82) is 0 Å². The third-order valence-electron chi connectivity index (χ3n) is 6.12. The molecule has 2 atom stereocenters. The van der Waals surface area contributed by atoms with Crippen molar-refractivity contribution in [1.82, 2.24) is 15.0 Å². The Morgan fingerprint density at radius 2 is 2.07 bits per heavy atom. The molecular formula is C19H24ClFN6OS. The van der Waals surface area contributed by atoms with Gasteiger partial charge in [0.05, 0.1) is 17.8 Å². The van der Waals surface area contributed by atoms with Crippen LogP contribution in [0.25, 0.3) is 0 Å². The van der Waals surface area contributed by atoms with Crippen molar-refractivity contribution in [3.63, 3.8) is 0 Å². The van der Waals surface area contributed by atoms with Gasteiger partial charge >= 0.3 is 0 Å². The molecule has 1 aliphatic heterocycles. The lowest BCUT2D eigenvalue weighted by molar-refractivity contribution is 0.167. The Labute approximate surface area is 178 Å². The summed E-state index contributed by atoms with van der Waals surface area (Å²) in [7, 11) is 0. The zero-order valence-electron chi connectivity index (χ0n) is 15.9. The molecule has 4 rings (SSSR count). The standard InChI is InChI=1S/C19H24ClFN6OS/c20-15-13(2-6-24-17(15)23)29-14-9-25-18(12(10-28)26-14)27-7-4-19(5-8-27)3-1-11(21)16(19)22/h2,6,9,11,16,28H,1,3-5,7-8,10,22H2,(H2,23,24)/t11?,16-/m1/s1. The molecule has 0 aromatic carbocycles. The molecule has 1 aliphatic carbocycles. The Balaban J connectivity index is 1.50. The maximum absolute atomic E-state index is 13.9. The maximum Gasteiger partial charge on any atom is 0.152 e. The van der Waals surface area contributed by atoms with E-state index in [2.05, 4.69) is 19.9 Å². The van der Waals surface area contributed by atoms with Crippen molar-refractivity contribution in [3.8, 4) is 0 Å². The molecular weight excluding hydrogens is 415 g/mol. The lowest BCUT2D eigenvalue weighted by Gasteiger charge is -2.42. The number of hydrogen-bond donors (Lipinski definition) is 3. The minimum atomic E-state index is -0.903. The van der Waals surface area contributed by atoms with Gasteiger partial charge in [-0.2, -0.15) is 0 Å². The summed E-state index contributed by atoms with van der Waals surface area (Å²) in [6, 6.07) is 1.37. The van der Waals surface area contributed by atoms with E-state index in [4.69, 9.17) is 23.1 Å². The minimum Gasteiger partial charge on any atom is -0.390 e. The quantitative estimate of drug-likeness (QED) is 0.667. The van der Waals surface area contributed by atoms with Gasteiger partial charge in [0.15, 0.2) is 5.82 Å². The van der Waals surface area contributed by atoms with Gasteiger partial charge in [-0.25, -0.2) is 19.3 Å². The monoisotopic (exact) mass is 438 g/mol. The number of piperidine rings is 1. The van der Waals surface area contributed by atoms with Gasteiger partial charge in [0.2, 0.25) is 0 Å². The van der Waals surface area contributed by atoms with Crippen LogP contribution in [0.15, 0.2) is 28.4 Å². The number of nitrogens with two attached hydrogens (primary N) is 2. The van der Waals surface area contributed by atoms with Crippen LogP contribution in [-0.2, 0) is 6.61 Å². The van der Waals surface area contributed by atoms with Gasteiger partial charge in [-0.05, 0) is 37.2 Å². The number of hydrogen-bond acceptors (Lipinski definition) is 8. The number of nitrogen functional groups attached to an aromatic ring is 1. The summed E-state index contributed by atoms with van der Waals surface area (Å²) in [4.78, 5) is 15.9. The summed E-state index contributed by atoms with van der Waals surface area (Å²) in [5.41, 5.74) is 12.3. The van der Waals surface area contributed by atoms with E-state index in [0.29, 0.717) is 28.0 Å². The van der Waals surface area contributed by atoms with Crippen LogP contribution in [0.5, 0.6) is 0 Å². The fourth-order valence-electron chi connectivity index (χ4n) is 4.36. The van der Waals surface area contributed by atoms with E-state index in [-0.39, 0.29) is 23.9 Å². The molecule has 2 aliphatic rings. The van der Waals surface area contributed by atoms with E-state index in [9.17, 15) is 9.50 Å². The van der Waals surface area contributed by atoms with E-state index in [1.54, 1.807) is 18.5 Å². The number of halogens is 2. The SMILES string of the molecule is Nc1nccc(Sc2cnc(N3CCC4(CCC(F)[C@H]4N)CC3)c(CO)n2)c1Cl. The average molecular weight is 439 g/mol. The molecule has 2 aromatic rings. The smallest absolute Gasteiger partial charge is 0.152 e. The highest BCUT2D eigenvalue weighted by molar-refractivity contribution is 7.99. The van der Waals surface area contributed by atoms with Crippen LogP contribution in [0.4, 0.5) is 16.0 Å². The number of anilines is 2. The van der Waals surface area contributed by atoms with Crippen molar-refractivity contribution in [2.24, 2.45) is 11.1 Å². The van der Waals surface area contributed by atoms with Gasteiger partial charge in [-0.15, -0.1) is 0 Å². The molecule has 29 heavy (non-hydrogen) atoms. The summed E-state index contributed by atoms with van der Waals surface area (Å²) in [5, 5.41) is 10.8. The molecule has 7 nitrogen and oxygen atoms in total. The van der Waals surface area contributed by atoms with Crippen LogP contribution < -0.4 is 16.4 Å². The Bertz CT molecular complexity index is 895. The fraction of sp³-hybridized carbons (Fsp3) is 0.526. The number of aliphatic hydroxyl groups excluding tert-OH is 1. The van der Waals surface area contributed by atoms with Crippen LogP contribution >= 0.6 is 23.4 Å². The minimum absolute atomic E-state index is 0.115. The summed E-state index contributed by atoms with van der Waals surface area (Å²) in [6.45, 7) is 1.22. The topological polar surface area (TPSA) is 114 Å². The molecule has 0 bridgehead atoms. The number of rotatable bonds is 4. The van der Waals surface area contributed by atoms with Gasteiger partial charge in [-0.1, -0.05) is 23.4 Å².